The average molecular weight is 566 g/mol. The second-order valence-electron chi connectivity index (χ2n) is 3.90. The van der Waals surface area contributed by atoms with E-state index in [0.29, 0.717) is 4.47 Å². The van der Waals surface area contributed by atoms with Crippen molar-refractivity contribution >= 4 is 73.6 Å². The molecule has 0 fully saturated rings. The molecule has 112 valence electrons. The van der Waals surface area contributed by atoms with Gasteiger partial charge in [-0.3, -0.25) is 0 Å². The lowest BCUT2D eigenvalue weighted by Crippen LogP contribution is -2.05. The first-order valence-corrected chi connectivity index (χ1v) is 9.93. The molecule has 0 heterocycles. The van der Waals surface area contributed by atoms with Crippen molar-refractivity contribution in [2.45, 2.75) is 9.79 Å². The van der Waals surface area contributed by atoms with Crippen LogP contribution >= 0.6 is 63.7 Å². The molecule has 0 saturated heterocycles. The van der Waals surface area contributed by atoms with Crippen molar-refractivity contribution in [3.05, 3.63) is 42.2 Å². The van der Waals surface area contributed by atoms with E-state index >= 15 is 0 Å². The van der Waals surface area contributed by atoms with Crippen LogP contribution in [0.4, 0.5) is 0 Å². The quantitative estimate of drug-likeness (QED) is 0.398. The smallest absolute Gasteiger partial charge is 0.212 e. The number of rotatable bonds is 2. The molecule has 0 unspecified atom stereocenters. The van der Waals surface area contributed by atoms with E-state index < -0.39 is 26.2 Å². The van der Waals surface area contributed by atoms with Crippen molar-refractivity contribution in [3.8, 4) is 11.5 Å². The Balaban J connectivity index is 2.88. The van der Waals surface area contributed by atoms with Gasteiger partial charge in [0, 0.05) is 4.47 Å². The molecule has 0 amide bonds. The third kappa shape index (κ3) is 2.90. The number of aromatic hydroxyl groups is 2. The maximum Gasteiger partial charge on any atom is 0.212 e. The van der Waals surface area contributed by atoms with Gasteiger partial charge in [-0.05, 0) is 75.9 Å². The number of phenols is 2. The fraction of sp³-hybridized carbons (Fsp3) is 0. The molecule has 0 aromatic heterocycles. The Bertz CT molecular complexity index is 804. The van der Waals surface area contributed by atoms with Gasteiger partial charge in [-0.2, -0.15) is 0 Å². The average Bonchev–Trinajstić information content (AvgIpc) is 2.43. The minimum absolute atomic E-state index is 0.0189. The molecule has 0 atom stereocenters. The highest BCUT2D eigenvalue weighted by atomic mass is 79.9. The first kappa shape index (κ1) is 17.3. The molecule has 21 heavy (non-hydrogen) atoms. The summed E-state index contributed by atoms with van der Waals surface area (Å²) in [5.74, 6) is -1.29. The molecule has 4 nitrogen and oxygen atoms in total. The van der Waals surface area contributed by atoms with Crippen LogP contribution in [0.2, 0.25) is 0 Å². The van der Waals surface area contributed by atoms with Gasteiger partial charge in [0.2, 0.25) is 9.84 Å². The predicted octanol–water partition coefficient (Wildman–Crippen LogP) is 4.98. The Morgan fingerprint density at radius 1 is 0.810 bits per heavy atom. The number of phenolic OH excluding ortho intramolecular Hbond substituents is 2. The summed E-state index contributed by atoms with van der Waals surface area (Å²) in [4.78, 5) is -0.434. The van der Waals surface area contributed by atoms with E-state index in [1.165, 1.54) is 6.07 Å². The molecule has 2 aromatic rings. The van der Waals surface area contributed by atoms with Crippen molar-refractivity contribution in [2.75, 3.05) is 0 Å². The van der Waals surface area contributed by atoms with Gasteiger partial charge in [0.05, 0.1) is 18.3 Å². The molecular weight excluding hydrogens is 560 g/mol. The van der Waals surface area contributed by atoms with E-state index in [-0.39, 0.29) is 18.3 Å². The van der Waals surface area contributed by atoms with Crippen LogP contribution in [0.15, 0.2) is 51.9 Å². The van der Waals surface area contributed by atoms with Crippen molar-refractivity contribution in [2.24, 2.45) is 0 Å². The van der Waals surface area contributed by atoms with Gasteiger partial charge in [-0.25, -0.2) is 8.42 Å². The molecule has 0 spiro atoms. The second-order valence-corrected chi connectivity index (χ2v) is 8.99. The first-order valence-electron chi connectivity index (χ1n) is 5.27. The van der Waals surface area contributed by atoms with E-state index in [1.54, 1.807) is 18.2 Å². The minimum Gasteiger partial charge on any atom is -0.503 e. The van der Waals surface area contributed by atoms with Gasteiger partial charge < -0.3 is 10.2 Å². The summed E-state index contributed by atoms with van der Waals surface area (Å²) < 4.78 is 26.4. The standard InChI is InChI=1S/C12H6Br4O4S/c13-5-3-1-2-4-6(5)21(19,20)12-9(16)7(14)8(15)10(17)11(12)18/h1-4,17-18H. The molecule has 0 aliphatic carbocycles. The molecule has 2 rings (SSSR count). The number of sulfone groups is 1. The summed E-state index contributed by atoms with van der Waals surface area (Å²) in [6, 6.07) is 6.22. The molecule has 0 aliphatic heterocycles. The Morgan fingerprint density at radius 3 is 1.95 bits per heavy atom. The SMILES string of the molecule is O=S(=O)(c1ccccc1Br)c1c(O)c(O)c(Br)c(Br)c1Br. The van der Waals surface area contributed by atoms with Crippen molar-refractivity contribution in [1.82, 2.24) is 0 Å². The number of benzene rings is 2. The third-order valence-corrected chi connectivity index (χ3v) is 9.14. The largest absolute Gasteiger partial charge is 0.503 e. The second kappa shape index (κ2) is 6.19. The van der Waals surface area contributed by atoms with Gasteiger partial charge >= 0.3 is 0 Å². The monoisotopic (exact) mass is 562 g/mol. The zero-order valence-corrected chi connectivity index (χ0v) is 17.1. The fourth-order valence-corrected chi connectivity index (χ4v) is 6.24. The van der Waals surface area contributed by atoms with Crippen LogP contribution in [0.3, 0.4) is 0 Å². The Labute approximate surface area is 154 Å². The van der Waals surface area contributed by atoms with Crippen LogP contribution in [-0.2, 0) is 9.84 Å². The van der Waals surface area contributed by atoms with Gasteiger partial charge in [0.15, 0.2) is 11.5 Å². The molecule has 2 aromatic carbocycles. The van der Waals surface area contributed by atoms with Crippen LogP contribution in [0.5, 0.6) is 11.5 Å². The summed E-state index contributed by atoms with van der Waals surface area (Å²) >= 11 is 12.5. The van der Waals surface area contributed by atoms with E-state index in [2.05, 4.69) is 63.7 Å². The summed E-state index contributed by atoms with van der Waals surface area (Å²) in [6.45, 7) is 0. The highest BCUT2D eigenvalue weighted by molar-refractivity contribution is 9.14. The lowest BCUT2D eigenvalue weighted by Gasteiger charge is -2.14. The van der Waals surface area contributed by atoms with E-state index in [9.17, 15) is 18.6 Å². The summed E-state index contributed by atoms with van der Waals surface area (Å²) in [6.07, 6.45) is 0. The Morgan fingerprint density at radius 2 is 1.38 bits per heavy atom. The summed E-state index contributed by atoms with van der Waals surface area (Å²) in [5.41, 5.74) is 0. The molecule has 0 radical (unpaired) electrons. The molecule has 9 heteroatoms. The van der Waals surface area contributed by atoms with Crippen LogP contribution in [0, 0.1) is 0 Å². The van der Waals surface area contributed by atoms with Crippen LogP contribution < -0.4 is 0 Å². The number of hydrogen-bond donors (Lipinski definition) is 2. The lowest BCUT2D eigenvalue weighted by atomic mass is 10.3. The van der Waals surface area contributed by atoms with Gasteiger partial charge in [0.25, 0.3) is 0 Å². The lowest BCUT2D eigenvalue weighted by molar-refractivity contribution is 0.389. The summed E-state index contributed by atoms with van der Waals surface area (Å²) in [5, 5.41) is 19.9. The van der Waals surface area contributed by atoms with Crippen LogP contribution in [0.25, 0.3) is 0 Å². The van der Waals surface area contributed by atoms with Crippen molar-refractivity contribution < 1.29 is 18.6 Å². The fourth-order valence-electron chi connectivity index (χ4n) is 1.63. The molecular formula is C12H6Br4O4S. The van der Waals surface area contributed by atoms with Crippen molar-refractivity contribution in [3.63, 3.8) is 0 Å². The number of hydrogen-bond acceptors (Lipinski definition) is 4. The van der Waals surface area contributed by atoms with Crippen LogP contribution in [0.1, 0.15) is 0 Å². The van der Waals surface area contributed by atoms with Gasteiger partial charge in [0.1, 0.15) is 4.90 Å². The zero-order valence-electron chi connectivity index (χ0n) is 9.94. The maximum absolute atomic E-state index is 12.7. The number of halogens is 4. The van der Waals surface area contributed by atoms with Gasteiger partial charge in [-0.15, -0.1) is 0 Å². The minimum atomic E-state index is -4.05. The van der Waals surface area contributed by atoms with E-state index in [4.69, 9.17) is 0 Å². The molecule has 0 bridgehead atoms. The van der Waals surface area contributed by atoms with Crippen LogP contribution in [-0.4, -0.2) is 18.6 Å². The Hall–Kier alpha value is -0.0900. The van der Waals surface area contributed by atoms with E-state index in [1.807, 2.05) is 0 Å². The maximum atomic E-state index is 12.7. The summed E-state index contributed by atoms with van der Waals surface area (Å²) in [7, 11) is -4.05. The zero-order chi connectivity index (χ0) is 15.9. The first-order chi connectivity index (χ1) is 9.69. The van der Waals surface area contributed by atoms with Gasteiger partial charge in [-0.1, -0.05) is 12.1 Å². The normalized spacial score (nSPS) is 11.6. The van der Waals surface area contributed by atoms with E-state index in [0.717, 1.165) is 0 Å². The Kier molecular flexibility index (Phi) is 5.09. The topological polar surface area (TPSA) is 74.6 Å². The molecule has 0 saturated carbocycles. The highest BCUT2D eigenvalue weighted by Crippen LogP contribution is 2.50. The third-order valence-electron chi connectivity index (χ3n) is 2.63. The molecule has 0 aliphatic rings. The van der Waals surface area contributed by atoms with Crippen molar-refractivity contribution in [1.29, 1.82) is 0 Å². The highest BCUT2D eigenvalue weighted by Gasteiger charge is 2.31. The predicted molar refractivity (Wildman–Crippen MR) is 92.5 cm³/mol. The molecule has 2 N–H and O–H groups in total.